The largest absolute Gasteiger partial charge is 0.334 e. The molecule has 7 nitrogen and oxygen atoms in total. The van der Waals surface area contributed by atoms with Crippen LogP contribution in [0, 0.1) is 11.7 Å². The Morgan fingerprint density at radius 2 is 1.97 bits per heavy atom. The lowest BCUT2D eigenvalue weighted by Gasteiger charge is -2.31. The highest BCUT2D eigenvalue weighted by Gasteiger charge is 2.30. The zero-order valence-electron chi connectivity index (χ0n) is 16.6. The van der Waals surface area contributed by atoms with E-state index in [1.165, 1.54) is 22.5 Å². The molecular formula is C21H23FN4O3S. The molecule has 0 aliphatic carbocycles. The van der Waals surface area contributed by atoms with E-state index in [9.17, 15) is 17.6 Å². The van der Waals surface area contributed by atoms with Crippen LogP contribution in [0.15, 0.2) is 53.7 Å². The van der Waals surface area contributed by atoms with Gasteiger partial charge in [0.05, 0.1) is 22.3 Å². The van der Waals surface area contributed by atoms with E-state index in [1.807, 2.05) is 29.8 Å². The van der Waals surface area contributed by atoms with Crippen molar-refractivity contribution in [2.24, 2.45) is 13.0 Å². The number of hydrogen-bond donors (Lipinski definition) is 1. The summed E-state index contributed by atoms with van der Waals surface area (Å²) in [5, 5.41) is 2.92. The first kappa shape index (κ1) is 20.5. The Morgan fingerprint density at radius 1 is 1.20 bits per heavy atom. The second-order valence-corrected chi connectivity index (χ2v) is 9.55. The number of piperidine rings is 1. The zero-order chi connectivity index (χ0) is 21.3. The molecule has 2 aromatic carbocycles. The number of imidazole rings is 1. The third-order valence-corrected chi connectivity index (χ3v) is 7.39. The summed E-state index contributed by atoms with van der Waals surface area (Å²) in [6.45, 7) is 0.634. The van der Waals surface area contributed by atoms with Crippen LogP contribution in [-0.4, -0.2) is 41.3 Å². The Bertz CT molecular complexity index is 1180. The van der Waals surface area contributed by atoms with Gasteiger partial charge in [-0.05, 0) is 55.2 Å². The maximum atomic E-state index is 13.4. The van der Waals surface area contributed by atoms with E-state index in [0.717, 1.165) is 17.1 Å². The number of aryl methyl sites for hydroxylation is 1. The van der Waals surface area contributed by atoms with Gasteiger partial charge in [0.15, 0.2) is 0 Å². The molecule has 0 bridgehead atoms. The Hall–Kier alpha value is -2.78. The second-order valence-electron chi connectivity index (χ2n) is 7.62. The first-order valence-electron chi connectivity index (χ1n) is 9.79. The number of anilines is 1. The molecule has 0 radical (unpaired) electrons. The van der Waals surface area contributed by atoms with Crippen LogP contribution in [0.1, 0.15) is 19.3 Å². The van der Waals surface area contributed by atoms with E-state index in [1.54, 1.807) is 6.33 Å². The number of aromatic nitrogens is 2. The van der Waals surface area contributed by atoms with E-state index in [-0.39, 0.29) is 16.7 Å². The minimum Gasteiger partial charge on any atom is -0.334 e. The van der Waals surface area contributed by atoms with E-state index < -0.39 is 15.8 Å². The number of fused-ring (bicyclic) bond motifs is 1. The number of nitrogens with one attached hydrogen (secondary N) is 1. The van der Waals surface area contributed by atoms with Crippen LogP contribution in [0.4, 0.5) is 10.1 Å². The third-order valence-electron chi connectivity index (χ3n) is 5.49. The van der Waals surface area contributed by atoms with Gasteiger partial charge in [-0.3, -0.25) is 4.79 Å². The van der Waals surface area contributed by atoms with Crippen LogP contribution < -0.4 is 5.32 Å². The molecular weight excluding hydrogens is 407 g/mol. The first-order chi connectivity index (χ1) is 14.3. The van der Waals surface area contributed by atoms with Crippen molar-refractivity contribution in [1.82, 2.24) is 13.9 Å². The molecule has 4 rings (SSSR count). The molecule has 0 unspecified atom stereocenters. The quantitative estimate of drug-likeness (QED) is 0.674. The van der Waals surface area contributed by atoms with E-state index in [2.05, 4.69) is 10.3 Å². The van der Waals surface area contributed by atoms with Gasteiger partial charge in [0.2, 0.25) is 15.9 Å². The number of benzene rings is 2. The predicted octanol–water partition coefficient (Wildman–Crippen LogP) is 3.14. The average Bonchev–Trinajstić information content (AvgIpc) is 3.09. The van der Waals surface area contributed by atoms with Gasteiger partial charge in [-0.25, -0.2) is 17.8 Å². The van der Waals surface area contributed by atoms with Crippen molar-refractivity contribution in [3.05, 3.63) is 54.6 Å². The Kier molecular flexibility index (Phi) is 5.57. The number of carbonyl (C=O) groups is 1. The van der Waals surface area contributed by atoms with Gasteiger partial charge >= 0.3 is 0 Å². The van der Waals surface area contributed by atoms with E-state index >= 15 is 0 Å². The van der Waals surface area contributed by atoms with Crippen molar-refractivity contribution in [2.45, 2.75) is 24.2 Å². The Morgan fingerprint density at radius 3 is 2.70 bits per heavy atom. The van der Waals surface area contributed by atoms with Gasteiger partial charge in [0.25, 0.3) is 0 Å². The lowest BCUT2D eigenvalue weighted by molar-refractivity contribution is -0.117. The summed E-state index contributed by atoms with van der Waals surface area (Å²) in [5.41, 5.74) is 2.51. The van der Waals surface area contributed by atoms with Crippen LogP contribution in [0.5, 0.6) is 0 Å². The average molecular weight is 431 g/mol. The molecule has 30 heavy (non-hydrogen) atoms. The maximum absolute atomic E-state index is 13.4. The lowest BCUT2D eigenvalue weighted by atomic mass is 9.94. The smallest absolute Gasteiger partial charge is 0.243 e. The van der Waals surface area contributed by atoms with Crippen molar-refractivity contribution in [3.8, 4) is 0 Å². The van der Waals surface area contributed by atoms with Gasteiger partial charge in [-0.1, -0.05) is 6.07 Å². The summed E-state index contributed by atoms with van der Waals surface area (Å²) < 4.78 is 42.1. The molecule has 0 saturated carbocycles. The molecule has 158 valence electrons. The third kappa shape index (κ3) is 4.22. The molecule has 3 aromatic rings. The van der Waals surface area contributed by atoms with Crippen LogP contribution >= 0.6 is 0 Å². The molecule has 1 aromatic heterocycles. The lowest BCUT2D eigenvalue weighted by Crippen LogP contribution is -2.39. The summed E-state index contributed by atoms with van der Waals surface area (Å²) in [7, 11) is -1.82. The summed E-state index contributed by atoms with van der Waals surface area (Å²) in [6.07, 6.45) is 3.23. The minimum absolute atomic E-state index is 0.0377. The SMILES string of the molecule is Cn1cnc2ccc(NC(=O)CC3CCN(S(=O)(=O)c4cccc(F)c4)CC3)cc21. The summed E-state index contributed by atoms with van der Waals surface area (Å²) in [4.78, 5) is 16.7. The zero-order valence-corrected chi connectivity index (χ0v) is 17.4. The van der Waals surface area contributed by atoms with Gasteiger partial charge in [-0.2, -0.15) is 4.31 Å². The van der Waals surface area contributed by atoms with Crippen LogP contribution in [-0.2, 0) is 21.9 Å². The summed E-state index contributed by atoms with van der Waals surface area (Å²) >= 11 is 0. The Labute approximate surface area is 174 Å². The van der Waals surface area contributed by atoms with Crippen molar-refractivity contribution in [1.29, 1.82) is 0 Å². The molecule has 1 saturated heterocycles. The standard InChI is InChI=1S/C21H23FN4O3S/c1-25-14-23-19-6-5-17(13-20(19)25)24-21(27)11-15-7-9-26(10-8-15)30(28,29)18-4-2-3-16(22)12-18/h2-6,12-15H,7-11H2,1H3,(H,24,27). The molecule has 1 fully saturated rings. The van der Waals surface area contributed by atoms with Gasteiger partial charge in [-0.15, -0.1) is 0 Å². The number of halogens is 1. The topological polar surface area (TPSA) is 84.3 Å². The molecule has 1 N–H and O–H groups in total. The first-order valence-corrected chi connectivity index (χ1v) is 11.2. The van der Waals surface area contributed by atoms with Crippen LogP contribution in [0.2, 0.25) is 0 Å². The number of sulfonamides is 1. The van der Waals surface area contributed by atoms with Crippen molar-refractivity contribution in [2.75, 3.05) is 18.4 Å². The maximum Gasteiger partial charge on any atom is 0.243 e. The number of amides is 1. The van der Waals surface area contributed by atoms with Gasteiger partial charge in [0, 0.05) is 32.2 Å². The minimum atomic E-state index is -3.72. The van der Waals surface area contributed by atoms with Crippen molar-refractivity contribution >= 4 is 32.7 Å². The highest BCUT2D eigenvalue weighted by Crippen LogP contribution is 2.26. The Balaban J connectivity index is 1.34. The number of hydrogen-bond acceptors (Lipinski definition) is 4. The van der Waals surface area contributed by atoms with Crippen molar-refractivity contribution < 1.29 is 17.6 Å². The highest BCUT2D eigenvalue weighted by atomic mass is 32.2. The molecule has 2 heterocycles. The van der Waals surface area contributed by atoms with Gasteiger partial charge < -0.3 is 9.88 Å². The monoisotopic (exact) mass is 430 g/mol. The van der Waals surface area contributed by atoms with Crippen molar-refractivity contribution in [3.63, 3.8) is 0 Å². The molecule has 1 aliphatic rings. The number of nitrogens with zero attached hydrogens (tertiary/aromatic N) is 3. The van der Waals surface area contributed by atoms with E-state index in [0.29, 0.717) is 38.0 Å². The fourth-order valence-corrected chi connectivity index (χ4v) is 5.31. The summed E-state index contributed by atoms with van der Waals surface area (Å²) in [5.74, 6) is -0.570. The molecule has 0 atom stereocenters. The fraction of sp³-hybridized carbons (Fsp3) is 0.333. The van der Waals surface area contributed by atoms with Crippen LogP contribution in [0.3, 0.4) is 0 Å². The normalized spacial score (nSPS) is 16.1. The molecule has 0 spiro atoms. The second kappa shape index (κ2) is 8.16. The number of rotatable bonds is 5. The summed E-state index contributed by atoms with van der Waals surface area (Å²) in [6, 6.07) is 10.6. The van der Waals surface area contributed by atoms with Gasteiger partial charge in [0.1, 0.15) is 5.82 Å². The predicted molar refractivity (Wildman–Crippen MR) is 112 cm³/mol. The molecule has 1 aliphatic heterocycles. The fourth-order valence-electron chi connectivity index (χ4n) is 3.81. The van der Waals surface area contributed by atoms with Crippen LogP contribution in [0.25, 0.3) is 11.0 Å². The molecule has 9 heteroatoms. The highest BCUT2D eigenvalue weighted by molar-refractivity contribution is 7.89. The van der Waals surface area contributed by atoms with E-state index in [4.69, 9.17) is 0 Å². The number of carbonyl (C=O) groups excluding carboxylic acids is 1. The molecule has 1 amide bonds.